The Balaban J connectivity index is 1.31. The molecule has 1 N–H and O–H groups in total. The molecule has 1 aliphatic rings. The van der Waals surface area contributed by atoms with Crippen LogP contribution in [0, 0.1) is 5.92 Å². The van der Waals surface area contributed by atoms with E-state index in [1.165, 1.54) is 5.56 Å². The second kappa shape index (κ2) is 9.62. The first-order valence-electron chi connectivity index (χ1n) is 10.6. The predicted octanol–water partition coefficient (Wildman–Crippen LogP) is 4.81. The molecule has 1 aliphatic heterocycles. The standard InChI is InChI=1S/C23H30N4O2S/c1-16(2)15-29-21-13-17(6-7-20(21)28-3)14-27-11-8-18(9-12-27)25-23-26-19-5-4-10-24-22(19)30-23/h4-7,10,13,16,18H,8-9,11-12,14-15H2,1-3H3,(H,25,26). The Labute approximate surface area is 182 Å². The van der Waals surface area contributed by atoms with Crippen LogP contribution < -0.4 is 14.8 Å². The second-order valence-electron chi connectivity index (χ2n) is 8.23. The van der Waals surface area contributed by atoms with Crippen LogP contribution in [-0.2, 0) is 6.54 Å². The van der Waals surface area contributed by atoms with Crippen molar-refractivity contribution in [1.29, 1.82) is 0 Å². The molecule has 0 unspecified atom stereocenters. The molecule has 0 saturated carbocycles. The lowest BCUT2D eigenvalue weighted by molar-refractivity contribution is 0.210. The van der Waals surface area contributed by atoms with Gasteiger partial charge in [0.2, 0.25) is 0 Å². The molecular weight excluding hydrogens is 396 g/mol. The molecule has 2 aromatic heterocycles. The lowest BCUT2D eigenvalue weighted by atomic mass is 10.0. The maximum absolute atomic E-state index is 5.96. The predicted molar refractivity (Wildman–Crippen MR) is 123 cm³/mol. The average molecular weight is 427 g/mol. The van der Waals surface area contributed by atoms with Crippen LogP contribution in [0.3, 0.4) is 0 Å². The van der Waals surface area contributed by atoms with E-state index in [2.05, 4.69) is 46.2 Å². The average Bonchev–Trinajstić information content (AvgIpc) is 3.16. The van der Waals surface area contributed by atoms with Crippen molar-refractivity contribution in [3.05, 3.63) is 42.1 Å². The monoisotopic (exact) mass is 426 g/mol. The van der Waals surface area contributed by atoms with Gasteiger partial charge in [0.25, 0.3) is 0 Å². The van der Waals surface area contributed by atoms with Crippen molar-refractivity contribution in [2.75, 3.05) is 32.1 Å². The maximum Gasteiger partial charge on any atom is 0.185 e. The zero-order chi connectivity index (χ0) is 20.9. The van der Waals surface area contributed by atoms with Gasteiger partial charge in [-0.25, -0.2) is 9.97 Å². The van der Waals surface area contributed by atoms with Crippen LogP contribution in [0.4, 0.5) is 5.13 Å². The van der Waals surface area contributed by atoms with E-state index in [0.717, 1.165) is 59.5 Å². The minimum Gasteiger partial charge on any atom is -0.493 e. The van der Waals surface area contributed by atoms with Crippen molar-refractivity contribution < 1.29 is 9.47 Å². The van der Waals surface area contributed by atoms with Gasteiger partial charge in [-0.2, -0.15) is 0 Å². The molecular formula is C23H30N4O2S. The molecule has 1 fully saturated rings. The van der Waals surface area contributed by atoms with E-state index in [-0.39, 0.29) is 0 Å². The quantitative estimate of drug-likeness (QED) is 0.558. The third kappa shape index (κ3) is 5.21. The maximum atomic E-state index is 5.96. The molecule has 30 heavy (non-hydrogen) atoms. The molecule has 0 amide bonds. The molecule has 160 valence electrons. The number of fused-ring (bicyclic) bond motifs is 1. The fourth-order valence-corrected chi connectivity index (χ4v) is 4.57. The number of hydrogen-bond donors (Lipinski definition) is 1. The largest absolute Gasteiger partial charge is 0.493 e. The first-order chi connectivity index (χ1) is 14.6. The number of pyridine rings is 1. The number of hydrogen-bond acceptors (Lipinski definition) is 7. The fourth-order valence-electron chi connectivity index (χ4n) is 3.69. The van der Waals surface area contributed by atoms with Crippen LogP contribution in [0.5, 0.6) is 11.5 Å². The van der Waals surface area contributed by atoms with Gasteiger partial charge in [0.1, 0.15) is 10.3 Å². The third-order valence-corrected chi connectivity index (χ3v) is 6.20. The second-order valence-corrected chi connectivity index (χ2v) is 9.21. The number of rotatable bonds is 8. The van der Waals surface area contributed by atoms with Crippen LogP contribution in [0.2, 0.25) is 0 Å². The summed E-state index contributed by atoms with van der Waals surface area (Å²) < 4.78 is 11.4. The fraction of sp³-hybridized carbons (Fsp3) is 0.478. The Morgan fingerprint density at radius 3 is 2.77 bits per heavy atom. The van der Waals surface area contributed by atoms with Crippen molar-refractivity contribution in [1.82, 2.24) is 14.9 Å². The van der Waals surface area contributed by atoms with E-state index in [0.29, 0.717) is 18.6 Å². The number of anilines is 1. The van der Waals surface area contributed by atoms with Gasteiger partial charge in [0.05, 0.1) is 13.7 Å². The highest BCUT2D eigenvalue weighted by molar-refractivity contribution is 7.21. The van der Waals surface area contributed by atoms with Crippen molar-refractivity contribution in [2.24, 2.45) is 5.92 Å². The zero-order valence-electron chi connectivity index (χ0n) is 17.9. The van der Waals surface area contributed by atoms with E-state index in [1.807, 2.05) is 24.4 Å². The SMILES string of the molecule is COc1ccc(CN2CCC(Nc3nc4cccnc4s3)CC2)cc1OCC(C)C. The summed E-state index contributed by atoms with van der Waals surface area (Å²) >= 11 is 1.63. The number of thiazole rings is 1. The highest BCUT2D eigenvalue weighted by atomic mass is 32.1. The Bertz CT molecular complexity index is 934. The van der Waals surface area contributed by atoms with Gasteiger partial charge in [-0.3, -0.25) is 4.90 Å². The first-order valence-corrected chi connectivity index (χ1v) is 11.4. The van der Waals surface area contributed by atoms with E-state index >= 15 is 0 Å². The molecule has 1 saturated heterocycles. The van der Waals surface area contributed by atoms with Crippen molar-refractivity contribution in [3.63, 3.8) is 0 Å². The van der Waals surface area contributed by atoms with Gasteiger partial charge in [0.15, 0.2) is 16.6 Å². The summed E-state index contributed by atoms with van der Waals surface area (Å²) in [6.07, 6.45) is 4.04. The van der Waals surface area contributed by atoms with E-state index < -0.39 is 0 Å². The number of piperidine rings is 1. The van der Waals surface area contributed by atoms with E-state index in [9.17, 15) is 0 Å². The Kier molecular flexibility index (Phi) is 6.69. The van der Waals surface area contributed by atoms with E-state index in [4.69, 9.17) is 9.47 Å². The molecule has 3 heterocycles. The number of aromatic nitrogens is 2. The zero-order valence-corrected chi connectivity index (χ0v) is 18.7. The van der Waals surface area contributed by atoms with Crippen LogP contribution in [0.1, 0.15) is 32.3 Å². The number of likely N-dealkylation sites (tertiary alicyclic amines) is 1. The summed E-state index contributed by atoms with van der Waals surface area (Å²) in [4.78, 5) is 12.5. The highest BCUT2D eigenvalue weighted by Gasteiger charge is 2.21. The van der Waals surface area contributed by atoms with Crippen LogP contribution >= 0.6 is 11.3 Å². The van der Waals surface area contributed by atoms with Crippen molar-refractivity contribution in [2.45, 2.75) is 39.3 Å². The van der Waals surface area contributed by atoms with Crippen molar-refractivity contribution in [3.8, 4) is 11.5 Å². The third-order valence-electron chi connectivity index (χ3n) is 5.29. The van der Waals surface area contributed by atoms with Crippen LogP contribution in [0.15, 0.2) is 36.5 Å². The van der Waals surface area contributed by atoms with Gasteiger partial charge in [-0.05, 0) is 48.6 Å². The van der Waals surface area contributed by atoms with Crippen LogP contribution in [-0.4, -0.2) is 47.7 Å². The summed E-state index contributed by atoms with van der Waals surface area (Å²) in [7, 11) is 1.69. The van der Waals surface area contributed by atoms with Gasteiger partial charge >= 0.3 is 0 Å². The molecule has 4 rings (SSSR count). The molecule has 0 spiro atoms. The van der Waals surface area contributed by atoms with E-state index in [1.54, 1.807) is 18.4 Å². The number of nitrogens with one attached hydrogen (secondary N) is 1. The molecule has 0 bridgehead atoms. The molecule has 0 radical (unpaired) electrons. The molecule has 1 aromatic carbocycles. The number of methoxy groups -OCH3 is 1. The smallest absolute Gasteiger partial charge is 0.185 e. The minimum atomic E-state index is 0.461. The number of benzene rings is 1. The molecule has 6 nitrogen and oxygen atoms in total. The summed E-state index contributed by atoms with van der Waals surface area (Å²) in [5.74, 6) is 2.12. The Morgan fingerprint density at radius 2 is 2.03 bits per heavy atom. The molecule has 0 atom stereocenters. The lowest BCUT2D eigenvalue weighted by Gasteiger charge is -2.32. The molecule has 3 aromatic rings. The lowest BCUT2D eigenvalue weighted by Crippen LogP contribution is -2.38. The van der Waals surface area contributed by atoms with Gasteiger partial charge in [-0.1, -0.05) is 31.3 Å². The number of nitrogens with zero attached hydrogens (tertiary/aromatic N) is 3. The van der Waals surface area contributed by atoms with Crippen LogP contribution in [0.25, 0.3) is 10.3 Å². The van der Waals surface area contributed by atoms with Gasteiger partial charge < -0.3 is 14.8 Å². The Hall–Kier alpha value is -2.38. The molecule has 0 aliphatic carbocycles. The highest BCUT2D eigenvalue weighted by Crippen LogP contribution is 2.30. The summed E-state index contributed by atoms with van der Waals surface area (Å²) in [6.45, 7) is 8.06. The summed E-state index contributed by atoms with van der Waals surface area (Å²) in [6, 6.07) is 10.7. The van der Waals surface area contributed by atoms with Gasteiger partial charge in [-0.15, -0.1) is 0 Å². The Morgan fingerprint density at radius 1 is 1.20 bits per heavy atom. The first kappa shape index (κ1) is 20.9. The normalized spacial score (nSPS) is 15.6. The van der Waals surface area contributed by atoms with Crippen molar-refractivity contribution >= 4 is 26.8 Å². The minimum absolute atomic E-state index is 0.461. The van der Waals surface area contributed by atoms with Gasteiger partial charge in [0, 0.05) is 31.9 Å². The summed E-state index contributed by atoms with van der Waals surface area (Å²) in [5.41, 5.74) is 2.23. The number of ether oxygens (including phenoxy) is 2. The summed E-state index contributed by atoms with van der Waals surface area (Å²) in [5, 5.41) is 4.59. The topological polar surface area (TPSA) is 59.5 Å². The molecule has 7 heteroatoms.